The van der Waals surface area contributed by atoms with Gasteiger partial charge in [0.2, 0.25) is 0 Å². The highest BCUT2D eigenvalue weighted by atomic mass is 32.1. The standard InChI is InChI=1S/C52H33NOS/c1-3-13-34(14-4-1)36-25-29-38(30-26-36)53(39-31-27-37(28-32-39)35-15-5-2-6-16-35)46-22-11-21-44-50-41-18-8-7-17-40(41)45(33-47(50)54-52(44)46)42-20-12-24-49-51(42)43-19-9-10-23-48(43)55-49/h1-33H. The first-order valence-corrected chi connectivity index (χ1v) is 19.5. The summed E-state index contributed by atoms with van der Waals surface area (Å²) >= 11 is 1.85. The molecule has 258 valence electrons. The van der Waals surface area contributed by atoms with Gasteiger partial charge in [0.25, 0.3) is 0 Å². The fourth-order valence-electron chi connectivity index (χ4n) is 8.34. The lowest BCUT2D eigenvalue weighted by Gasteiger charge is -2.26. The van der Waals surface area contributed by atoms with Crippen LogP contribution >= 0.6 is 11.3 Å². The number of fused-ring (bicyclic) bond motifs is 8. The summed E-state index contributed by atoms with van der Waals surface area (Å²) in [5.74, 6) is 0. The van der Waals surface area contributed by atoms with Gasteiger partial charge in [-0.15, -0.1) is 11.3 Å². The highest BCUT2D eigenvalue weighted by Gasteiger charge is 2.22. The van der Waals surface area contributed by atoms with Crippen molar-refractivity contribution in [3.05, 3.63) is 200 Å². The van der Waals surface area contributed by atoms with E-state index in [0.717, 1.165) is 39.0 Å². The number of furan rings is 1. The van der Waals surface area contributed by atoms with Crippen LogP contribution in [0.4, 0.5) is 17.1 Å². The summed E-state index contributed by atoms with van der Waals surface area (Å²) < 4.78 is 9.70. The molecule has 0 saturated heterocycles. The molecule has 11 aromatic rings. The normalized spacial score (nSPS) is 11.6. The van der Waals surface area contributed by atoms with Crippen LogP contribution < -0.4 is 4.90 Å². The van der Waals surface area contributed by atoms with Crippen molar-refractivity contribution in [2.45, 2.75) is 0 Å². The molecule has 0 fully saturated rings. The zero-order valence-electron chi connectivity index (χ0n) is 29.8. The van der Waals surface area contributed by atoms with E-state index in [0.29, 0.717) is 0 Å². The predicted molar refractivity (Wildman–Crippen MR) is 235 cm³/mol. The smallest absolute Gasteiger partial charge is 0.159 e. The summed E-state index contributed by atoms with van der Waals surface area (Å²) in [7, 11) is 0. The minimum absolute atomic E-state index is 0.860. The van der Waals surface area contributed by atoms with Crippen LogP contribution in [0.25, 0.3) is 86.3 Å². The number of para-hydroxylation sites is 1. The van der Waals surface area contributed by atoms with Gasteiger partial charge in [-0.2, -0.15) is 0 Å². The van der Waals surface area contributed by atoms with E-state index in [1.807, 2.05) is 11.3 Å². The summed E-state index contributed by atoms with van der Waals surface area (Å²) in [5.41, 5.74) is 12.0. The van der Waals surface area contributed by atoms with Crippen LogP contribution in [-0.2, 0) is 0 Å². The Morgan fingerprint density at radius 1 is 0.364 bits per heavy atom. The maximum absolute atomic E-state index is 7.11. The lowest BCUT2D eigenvalue weighted by molar-refractivity contribution is 0.669. The molecule has 11 rings (SSSR count). The molecule has 0 atom stereocenters. The molecule has 0 N–H and O–H groups in total. The Kier molecular flexibility index (Phi) is 7.39. The largest absolute Gasteiger partial charge is 0.454 e. The van der Waals surface area contributed by atoms with Crippen LogP contribution in [0.2, 0.25) is 0 Å². The Hall–Kier alpha value is -6.94. The van der Waals surface area contributed by atoms with Crippen LogP contribution in [0.15, 0.2) is 205 Å². The molecule has 0 aliphatic heterocycles. The topological polar surface area (TPSA) is 16.4 Å². The third kappa shape index (κ3) is 5.24. The number of benzene rings is 9. The van der Waals surface area contributed by atoms with Crippen LogP contribution in [0.1, 0.15) is 0 Å². The molecular formula is C52H33NOS. The van der Waals surface area contributed by atoms with Crippen LogP contribution in [0.5, 0.6) is 0 Å². The van der Waals surface area contributed by atoms with Gasteiger partial charge in [0.15, 0.2) is 5.58 Å². The maximum Gasteiger partial charge on any atom is 0.159 e. The van der Waals surface area contributed by atoms with Crippen LogP contribution in [-0.4, -0.2) is 0 Å². The average Bonchev–Trinajstić information content (AvgIpc) is 3.84. The second-order valence-electron chi connectivity index (χ2n) is 14.0. The summed E-state index contributed by atoms with van der Waals surface area (Å²) in [5, 5.41) is 7.23. The van der Waals surface area contributed by atoms with Gasteiger partial charge in [-0.25, -0.2) is 0 Å². The first kappa shape index (κ1) is 31.6. The highest BCUT2D eigenvalue weighted by molar-refractivity contribution is 7.25. The van der Waals surface area contributed by atoms with Crippen molar-refractivity contribution in [1.82, 2.24) is 0 Å². The second-order valence-corrected chi connectivity index (χ2v) is 15.1. The molecule has 2 heterocycles. The van der Waals surface area contributed by atoms with Crippen molar-refractivity contribution >= 4 is 81.3 Å². The molecule has 0 aliphatic carbocycles. The molecule has 55 heavy (non-hydrogen) atoms. The van der Waals surface area contributed by atoms with Crippen LogP contribution in [0, 0.1) is 0 Å². The number of thiophene rings is 1. The Bertz CT molecular complexity index is 3090. The highest BCUT2D eigenvalue weighted by Crippen LogP contribution is 2.48. The third-order valence-electron chi connectivity index (χ3n) is 10.9. The fourth-order valence-corrected chi connectivity index (χ4v) is 9.47. The molecule has 0 bridgehead atoms. The number of nitrogens with zero attached hydrogens (tertiary/aromatic N) is 1. The molecule has 0 unspecified atom stereocenters. The van der Waals surface area contributed by atoms with E-state index in [4.69, 9.17) is 4.42 Å². The lowest BCUT2D eigenvalue weighted by Crippen LogP contribution is -2.10. The van der Waals surface area contributed by atoms with Gasteiger partial charge in [0.05, 0.1) is 5.69 Å². The maximum atomic E-state index is 7.11. The SMILES string of the molecule is c1ccc(-c2ccc(N(c3ccc(-c4ccccc4)cc3)c3cccc4c3oc3cc(-c5cccc6sc7ccccc7c56)c5ccccc5c34)cc2)cc1. The van der Waals surface area contributed by atoms with Gasteiger partial charge in [-0.05, 0) is 92.7 Å². The zero-order valence-corrected chi connectivity index (χ0v) is 30.6. The van der Waals surface area contributed by atoms with E-state index in [1.54, 1.807) is 0 Å². The monoisotopic (exact) mass is 719 g/mol. The van der Waals surface area contributed by atoms with Gasteiger partial charge in [0.1, 0.15) is 5.58 Å². The predicted octanol–water partition coefficient (Wildman–Crippen LogP) is 15.6. The number of hydrogen-bond donors (Lipinski definition) is 0. The van der Waals surface area contributed by atoms with E-state index in [1.165, 1.54) is 64.3 Å². The van der Waals surface area contributed by atoms with Crippen molar-refractivity contribution in [2.24, 2.45) is 0 Å². The molecule has 2 nitrogen and oxygen atoms in total. The molecular weight excluding hydrogens is 687 g/mol. The Morgan fingerprint density at radius 2 is 0.891 bits per heavy atom. The number of hydrogen-bond acceptors (Lipinski definition) is 3. The van der Waals surface area contributed by atoms with Crippen molar-refractivity contribution < 1.29 is 4.42 Å². The Labute approximate surface area is 322 Å². The van der Waals surface area contributed by atoms with E-state index < -0.39 is 0 Å². The van der Waals surface area contributed by atoms with E-state index >= 15 is 0 Å². The van der Waals surface area contributed by atoms with E-state index in [9.17, 15) is 0 Å². The number of anilines is 3. The Morgan fingerprint density at radius 3 is 1.56 bits per heavy atom. The van der Waals surface area contributed by atoms with Gasteiger partial charge in [-0.3, -0.25) is 0 Å². The molecule has 0 amide bonds. The van der Waals surface area contributed by atoms with Crippen LogP contribution in [0.3, 0.4) is 0 Å². The molecule has 0 aliphatic rings. The zero-order chi connectivity index (χ0) is 36.3. The second kappa shape index (κ2) is 12.9. The van der Waals surface area contributed by atoms with E-state index in [-0.39, 0.29) is 0 Å². The van der Waals surface area contributed by atoms with Crippen molar-refractivity contribution in [1.29, 1.82) is 0 Å². The summed E-state index contributed by atoms with van der Waals surface area (Å²) in [6, 6.07) is 71.9. The fraction of sp³-hybridized carbons (Fsp3) is 0. The molecule has 3 heteroatoms. The van der Waals surface area contributed by atoms with E-state index in [2.05, 4.69) is 205 Å². The summed E-state index contributed by atoms with van der Waals surface area (Å²) in [6.45, 7) is 0. The molecule has 0 saturated carbocycles. The minimum atomic E-state index is 0.860. The van der Waals surface area contributed by atoms with Gasteiger partial charge in [0, 0.05) is 42.3 Å². The third-order valence-corrected chi connectivity index (χ3v) is 12.0. The summed E-state index contributed by atoms with van der Waals surface area (Å²) in [6.07, 6.45) is 0. The summed E-state index contributed by atoms with van der Waals surface area (Å²) in [4.78, 5) is 2.33. The van der Waals surface area contributed by atoms with Gasteiger partial charge < -0.3 is 9.32 Å². The van der Waals surface area contributed by atoms with Gasteiger partial charge >= 0.3 is 0 Å². The lowest BCUT2D eigenvalue weighted by atomic mass is 9.92. The molecule has 9 aromatic carbocycles. The first-order valence-electron chi connectivity index (χ1n) is 18.7. The molecule has 0 radical (unpaired) electrons. The van der Waals surface area contributed by atoms with Gasteiger partial charge in [-0.1, -0.05) is 152 Å². The minimum Gasteiger partial charge on any atom is -0.454 e. The molecule has 0 spiro atoms. The van der Waals surface area contributed by atoms with Crippen molar-refractivity contribution in [2.75, 3.05) is 4.90 Å². The Balaban J connectivity index is 1.13. The number of rotatable bonds is 6. The average molecular weight is 720 g/mol. The van der Waals surface area contributed by atoms with Crippen molar-refractivity contribution in [3.8, 4) is 33.4 Å². The van der Waals surface area contributed by atoms with Crippen molar-refractivity contribution in [3.63, 3.8) is 0 Å². The quantitative estimate of drug-likeness (QED) is 0.170. The first-order chi connectivity index (χ1) is 27.3. The molecule has 2 aromatic heterocycles.